The predicted octanol–water partition coefficient (Wildman–Crippen LogP) is 3.02. The maximum atomic E-state index is 9.28. The third-order valence-corrected chi connectivity index (χ3v) is 3.20. The van der Waals surface area contributed by atoms with Gasteiger partial charge in [0.05, 0.1) is 13.2 Å². The van der Waals surface area contributed by atoms with Gasteiger partial charge >= 0.3 is 0 Å². The summed E-state index contributed by atoms with van der Waals surface area (Å²) in [6.45, 7) is 0.774. The van der Waals surface area contributed by atoms with Crippen LogP contribution in [-0.4, -0.2) is 37.3 Å². The highest BCUT2D eigenvalue weighted by Crippen LogP contribution is 2.23. The molecule has 22 heavy (non-hydrogen) atoms. The number of benzene rings is 2. The minimum absolute atomic E-state index is 0.0224. The van der Waals surface area contributed by atoms with E-state index in [4.69, 9.17) is 0 Å². The van der Waals surface area contributed by atoms with Crippen LogP contribution >= 0.6 is 0 Å². The van der Waals surface area contributed by atoms with Gasteiger partial charge in [-0.15, -0.1) is 0 Å². The lowest BCUT2D eigenvalue weighted by Crippen LogP contribution is -2.10. The molecule has 0 unspecified atom stereocenters. The van der Waals surface area contributed by atoms with E-state index in [0.29, 0.717) is 0 Å². The molecule has 2 aromatic carbocycles. The molecule has 0 aliphatic heterocycles. The van der Waals surface area contributed by atoms with Crippen LogP contribution in [0.4, 0.5) is 0 Å². The Morgan fingerprint density at radius 1 is 1.00 bits per heavy atom. The van der Waals surface area contributed by atoms with E-state index in [9.17, 15) is 5.11 Å². The third-order valence-electron chi connectivity index (χ3n) is 3.20. The molecule has 0 heterocycles. The fraction of sp³-hybridized carbons (Fsp3) is 0.200. The quantitative estimate of drug-likeness (QED) is 0.875. The second-order valence-electron chi connectivity index (χ2n) is 5.28. The molecule has 2 heteroatoms. The molecular formula is C20H21NO. The first-order valence-electron chi connectivity index (χ1n) is 7.31. The van der Waals surface area contributed by atoms with Crippen LogP contribution in [-0.2, 0) is 0 Å². The summed E-state index contributed by atoms with van der Waals surface area (Å²) in [7, 11) is 4.01. The molecule has 2 rings (SSSR count). The second kappa shape index (κ2) is 8.19. The van der Waals surface area contributed by atoms with Gasteiger partial charge < -0.3 is 5.11 Å². The smallest absolute Gasteiger partial charge is 0.0621 e. The number of hydrogen-bond donors (Lipinski definition) is 1. The Morgan fingerprint density at radius 2 is 1.64 bits per heavy atom. The van der Waals surface area contributed by atoms with Gasteiger partial charge in [-0.05, 0) is 42.9 Å². The number of aliphatic hydroxyl groups excluding tert-OH is 1. The van der Waals surface area contributed by atoms with Crippen molar-refractivity contribution in [2.45, 2.75) is 0 Å². The van der Waals surface area contributed by atoms with Crippen LogP contribution in [0.25, 0.3) is 5.57 Å². The molecular weight excluding hydrogens is 270 g/mol. The van der Waals surface area contributed by atoms with E-state index in [0.717, 1.165) is 28.8 Å². The molecule has 2 nitrogen and oxygen atoms in total. The van der Waals surface area contributed by atoms with Crippen molar-refractivity contribution < 1.29 is 5.11 Å². The van der Waals surface area contributed by atoms with Gasteiger partial charge in [0.1, 0.15) is 0 Å². The second-order valence-corrected chi connectivity index (χ2v) is 5.28. The Kier molecular flexibility index (Phi) is 5.97. The zero-order chi connectivity index (χ0) is 15.8. The van der Waals surface area contributed by atoms with E-state index in [-0.39, 0.29) is 6.61 Å². The number of hydrogen-bond acceptors (Lipinski definition) is 2. The van der Waals surface area contributed by atoms with Crippen molar-refractivity contribution in [2.75, 3.05) is 27.2 Å². The molecule has 0 bridgehead atoms. The summed E-state index contributed by atoms with van der Waals surface area (Å²) in [6.07, 6.45) is 1.84. The minimum atomic E-state index is 0.0224. The Balaban J connectivity index is 2.23. The molecule has 0 aliphatic carbocycles. The van der Waals surface area contributed by atoms with Crippen molar-refractivity contribution in [3.8, 4) is 11.8 Å². The summed E-state index contributed by atoms with van der Waals surface area (Å²) in [5.74, 6) is 6.28. The van der Waals surface area contributed by atoms with Crippen LogP contribution in [0.2, 0.25) is 0 Å². The van der Waals surface area contributed by atoms with Gasteiger partial charge in [-0.1, -0.05) is 60.4 Å². The SMILES string of the molecule is CN(C)CC#Cc1ccc(/C(=C\CO)c2ccccc2)cc1. The van der Waals surface area contributed by atoms with Gasteiger partial charge in [0, 0.05) is 5.56 Å². The lowest BCUT2D eigenvalue weighted by molar-refractivity contribution is 0.343. The molecule has 2 aromatic rings. The molecule has 0 spiro atoms. The fourth-order valence-corrected chi connectivity index (χ4v) is 2.14. The van der Waals surface area contributed by atoms with Gasteiger partial charge in [0.15, 0.2) is 0 Å². The van der Waals surface area contributed by atoms with Crippen molar-refractivity contribution in [3.05, 3.63) is 77.4 Å². The first-order valence-corrected chi connectivity index (χ1v) is 7.31. The highest BCUT2D eigenvalue weighted by molar-refractivity contribution is 5.80. The summed E-state index contributed by atoms with van der Waals surface area (Å²) in [5.41, 5.74) is 4.22. The lowest BCUT2D eigenvalue weighted by Gasteiger charge is -2.08. The van der Waals surface area contributed by atoms with E-state index in [1.54, 1.807) is 0 Å². The third kappa shape index (κ3) is 4.60. The first-order chi connectivity index (χ1) is 10.7. The maximum absolute atomic E-state index is 9.28. The highest BCUT2D eigenvalue weighted by Gasteiger charge is 2.04. The molecule has 0 aliphatic rings. The monoisotopic (exact) mass is 291 g/mol. The summed E-state index contributed by atoms with van der Waals surface area (Å²) in [4.78, 5) is 2.04. The van der Waals surface area contributed by atoms with Crippen molar-refractivity contribution >= 4 is 5.57 Å². The van der Waals surface area contributed by atoms with Crippen LogP contribution in [0.5, 0.6) is 0 Å². The van der Waals surface area contributed by atoms with E-state index in [1.165, 1.54) is 0 Å². The topological polar surface area (TPSA) is 23.5 Å². The Bertz CT molecular complexity index is 673. The Labute approximate surface area is 132 Å². The molecule has 0 radical (unpaired) electrons. The highest BCUT2D eigenvalue weighted by atomic mass is 16.2. The van der Waals surface area contributed by atoms with Gasteiger partial charge in [-0.25, -0.2) is 0 Å². The van der Waals surface area contributed by atoms with Crippen LogP contribution in [0.3, 0.4) is 0 Å². The lowest BCUT2D eigenvalue weighted by atomic mass is 9.97. The van der Waals surface area contributed by atoms with E-state index >= 15 is 0 Å². The zero-order valence-electron chi connectivity index (χ0n) is 13.1. The number of nitrogens with zero attached hydrogens (tertiary/aromatic N) is 1. The van der Waals surface area contributed by atoms with Gasteiger partial charge in [0.25, 0.3) is 0 Å². The summed E-state index contributed by atoms with van der Waals surface area (Å²) >= 11 is 0. The minimum Gasteiger partial charge on any atom is -0.392 e. The van der Waals surface area contributed by atoms with E-state index in [1.807, 2.05) is 79.7 Å². The van der Waals surface area contributed by atoms with Gasteiger partial charge in [-0.3, -0.25) is 4.90 Å². The van der Waals surface area contributed by atoms with E-state index < -0.39 is 0 Å². The zero-order valence-corrected chi connectivity index (χ0v) is 13.1. The largest absolute Gasteiger partial charge is 0.392 e. The molecule has 0 fully saturated rings. The molecule has 0 atom stereocenters. The summed E-state index contributed by atoms with van der Waals surface area (Å²) in [5, 5.41) is 9.28. The molecule has 0 amide bonds. The predicted molar refractivity (Wildman–Crippen MR) is 92.5 cm³/mol. The average Bonchev–Trinajstić information content (AvgIpc) is 2.54. The summed E-state index contributed by atoms with van der Waals surface area (Å²) < 4.78 is 0. The summed E-state index contributed by atoms with van der Waals surface area (Å²) in [6, 6.07) is 18.2. The fourth-order valence-electron chi connectivity index (χ4n) is 2.14. The molecule has 112 valence electrons. The normalized spacial score (nSPS) is 11.2. The van der Waals surface area contributed by atoms with Crippen LogP contribution in [0, 0.1) is 11.8 Å². The van der Waals surface area contributed by atoms with E-state index in [2.05, 4.69) is 11.8 Å². The van der Waals surface area contributed by atoms with Gasteiger partial charge in [-0.2, -0.15) is 0 Å². The van der Waals surface area contributed by atoms with Gasteiger partial charge in [0.2, 0.25) is 0 Å². The number of aliphatic hydroxyl groups is 1. The van der Waals surface area contributed by atoms with Crippen molar-refractivity contribution in [2.24, 2.45) is 0 Å². The number of rotatable bonds is 4. The molecule has 0 aromatic heterocycles. The Morgan fingerprint density at radius 3 is 2.23 bits per heavy atom. The van der Waals surface area contributed by atoms with Crippen LogP contribution < -0.4 is 0 Å². The average molecular weight is 291 g/mol. The molecule has 1 N–H and O–H groups in total. The van der Waals surface area contributed by atoms with Crippen molar-refractivity contribution in [1.29, 1.82) is 0 Å². The maximum Gasteiger partial charge on any atom is 0.0621 e. The van der Waals surface area contributed by atoms with Crippen molar-refractivity contribution in [1.82, 2.24) is 4.90 Å². The first kappa shape index (κ1) is 16.0. The van der Waals surface area contributed by atoms with Crippen molar-refractivity contribution in [3.63, 3.8) is 0 Å². The Hall–Kier alpha value is -2.34. The molecule has 0 saturated carbocycles. The molecule has 0 saturated heterocycles. The van der Waals surface area contributed by atoms with Crippen LogP contribution in [0.1, 0.15) is 16.7 Å². The standard InChI is InChI=1S/C20H21NO/c1-21(2)15-6-7-17-10-12-19(13-11-17)20(14-16-22)18-8-4-3-5-9-18/h3-5,8-14,22H,15-16H2,1-2H3/b20-14-. The van der Waals surface area contributed by atoms with Crippen LogP contribution in [0.15, 0.2) is 60.7 Å².